The van der Waals surface area contributed by atoms with Crippen LogP contribution in [-0.2, 0) is 4.74 Å². The smallest absolute Gasteiger partial charge is 0.123 e. The van der Waals surface area contributed by atoms with E-state index in [1.807, 2.05) is 12.1 Å². The van der Waals surface area contributed by atoms with Gasteiger partial charge in [0.25, 0.3) is 0 Å². The summed E-state index contributed by atoms with van der Waals surface area (Å²) in [5.74, 6) is 1.10. The lowest BCUT2D eigenvalue weighted by molar-refractivity contribution is 0.0838. The minimum absolute atomic E-state index is 0.246. The van der Waals surface area contributed by atoms with E-state index in [2.05, 4.69) is 9.97 Å². The van der Waals surface area contributed by atoms with Crippen molar-refractivity contribution in [2.75, 3.05) is 13.2 Å². The highest BCUT2D eigenvalue weighted by Gasteiger charge is 2.22. The number of halogens is 1. The summed E-state index contributed by atoms with van der Waals surface area (Å²) >= 11 is 0. The predicted molar refractivity (Wildman–Crippen MR) is 90.0 cm³/mol. The number of nitrogens with one attached hydrogen (secondary N) is 1. The molecule has 1 saturated heterocycles. The molecule has 0 spiro atoms. The van der Waals surface area contributed by atoms with Gasteiger partial charge >= 0.3 is 0 Å². The molecule has 0 aliphatic carbocycles. The number of hydrogen-bond donors (Lipinski definition) is 1. The van der Waals surface area contributed by atoms with Crippen LogP contribution in [0.15, 0.2) is 48.8 Å². The van der Waals surface area contributed by atoms with Crippen LogP contribution < -0.4 is 0 Å². The van der Waals surface area contributed by atoms with Gasteiger partial charge in [-0.15, -0.1) is 0 Å². The Labute approximate surface area is 139 Å². The fourth-order valence-electron chi connectivity index (χ4n) is 3.10. The third-order valence-corrected chi connectivity index (χ3v) is 4.42. The highest BCUT2D eigenvalue weighted by Crippen LogP contribution is 2.34. The number of nitrogens with zero attached hydrogens (tertiary/aromatic N) is 2. The molecule has 0 atom stereocenters. The number of H-pyrrole nitrogens is 1. The number of aromatic nitrogens is 3. The van der Waals surface area contributed by atoms with Crippen LogP contribution in [0.1, 0.15) is 24.6 Å². The molecule has 4 nitrogen and oxygen atoms in total. The van der Waals surface area contributed by atoms with E-state index in [4.69, 9.17) is 9.72 Å². The number of pyridine rings is 1. The van der Waals surface area contributed by atoms with Gasteiger partial charge in [-0.2, -0.15) is 0 Å². The Morgan fingerprint density at radius 3 is 2.38 bits per heavy atom. The maximum Gasteiger partial charge on any atom is 0.123 e. The van der Waals surface area contributed by atoms with Gasteiger partial charge in [-0.25, -0.2) is 9.37 Å². The molecule has 0 bridgehead atoms. The summed E-state index contributed by atoms with van der Waals surface area (Å²) in [5, 5.41) is 0. The standard InChI is InChI=1S/C19H18FN3O/c20-16-3-1-13(2-4-16)17-18(14-5-9-21-10-6-14)23-19(22-17)15-7-11-24-12-8-15/h1-6,9-10,15H,7-8,11-12H2,(H,22,23). The molecular formula is C19H18FN3O. The van der Waals surface area contributed by atoms with E-state index in [1.165, 1.54) is 12.1 Å². The van der Waals surface area contributed by atoms with E-state index in [1.54, 1.807) is 24.5 Å². The van der Waals surface area contributed by atoms with E-state index in [9.17, 15) is 4.39 Å². The van der Waals surface area contributed by atoms with Gasteiger partial charge < -0.3 is 9.72 Å². The topological polar surface area (TPSA) is 50.8 Å². The van der Waals surface area contributed by atoms with Gasteiger partial charge in [-0.1, -0.05) is 0 Å². The zero-order chi connectivity index (χ0) is 16.4. The zero-order valence-corrected chi connectivity index (χ0v) is 13.2. The van der Waals surface area contributed by atoms with Crippen LogP contribution in [0.2, 0.25) is 0 Å². The summed E-state index contributed by atoms with van der Waals surface area (Å²) in [4.78, 5) is 12.4. The molecule has 0 amide bonds. The maximum absolute atomic E-state index is 13.3. The van der Waals surface area contributed by atoms with Crippen molar-refractivity contribution in [1.82, 2.24) is 15.0 Å². The highest BCUT2D eigenvalue weighted by atomic mass is 19.1. The summed E-state index contributed by atoms with van der Waals surface area (Å²) in [6.45, 7) is 1.53. The van der Waals surface area contributed by atoms with Crippen LogP contribution in [0.5, 0.6) is 0 Å². The third-order valence-electron chi connectivity index (χ3n) is 4.42. The molecule has 0 radical (unpaired) electrons. The Kier molecular flexibility index (Phi) is 4.09. The van der Waals surface area contributed by atoms with Gasteiger partial charge in [0.15, 0.2) is 0 Å². The molecule has 1 aliphatic heterocycles. The van der Waals surface area contributed by atoms with Crippen molar-refractivity contribution in [2.45, 2.75) is 18.8 Å². The molecule has 1 fully saturated rings. The first-order valence-corrected chi connectivity index (χ1v) is 8.15. The average Bonchev–Trinajstić information content (AvgIpc) is 3.09. The van der Waals surface area contributed by atoms with Gasteiger partial charge in [0.1, 0.15) is 11.6 Å². The molecule has 24 heavy (non-hydrogen) atoms. The second kappa shape index (κ2) is 6.53. The molecule has 0 saturated carbocycles. The lowest BCUT2D eigenvalue weighted by atomic mass is 10.00. The van der Waals surface area contributed by atoms with Crippen molar-refractivity contribution in [3.8, 4) is 22.5 Å². The van der Waals surface area contributed by atoms with Gasteiger partial charge in [0, 0.05) is 42.7 Å². The number of imidazole rings is 1. The van der Waals surface area contributed by atoms with Crippen molar-refractivity contribution in [3.63, 3.8) is 0 Å². The van der Waals surface area contributed by atoms with E-state index in [0.29, 0.717) is 5.92 Å². The number of aromatic amines is 1. The fourth-order valence-corrected chi connectivity index (χ4v) is 3.10. The van der Waals surface area contributed by atoms with E-state index in [-0.39, 0.29) is 5.82 Å². The summed E-state index contributed by atoms with van der Waals surface area (Å²) in [6, 6.07) is 10.4. The first-order chi connectivity index (χ1) is 11.8. The van der Waals surface area contributed by atoms with Crippen LogP contribution in [-0.4, -0.2) is 28.2 Å². The molecule has 0 unspecified atom stereocenters. The maximum atomic E-state index is 13.3. The monoisotopic (exact) mass is 323 g/mol. The van der Waals surface area contributed by atoms with Crippen LogP contribution >= 0.6 is 0 Å². The number of ether oxygens (including phenoxy) is 1. The highest BCUT2D eigenvalue weighted by molar-refractivity contribution is 5.78. The van der Waals surface area contributed by atoms with Crippen LogP contribution in [0.4, 0.5) is 4.39 Å². The lowest BCUT2D eigenvalue weighted by Crippen LogP contribution is -2.15. The van der Waals surface area contributed by atoms with Crippen LogP contribution in [0.25, 0.3) is 22.5 Å². The quantitative estimate of drug-likeness (QED) is 0.787. The lowest BCUT2D eigenvalue weighted by Gasteiger charge is -2.19. The first-order valence-electron chi connectivity index (χ1n) is 8.15. The summed E-state index contributed by atoms with van der Waals surface area (Å²) in [6.07, 6.45) is 5.45. The third kappa shape index (κ3) is 2.95. The zero-order valence-electron chi connectivity index (χ0n) is 13.2. The molecule has 5 heteroatoms. The minimum atomic E-state index is -0.246. The molecule has 1 aliphatic rings. The number of rotatable bonds is 3. The molecule has 4 rings (SSSR count). The van der Waals surface area contributed by atoms with Crippen molar-refractivity contribution in [2.24, 2.45) is 0 Å². The Morgan fingerprint density at radius 2 is 1.67 bits per heavy atom. The summed E-state index contributed by atoms with van der Waals surface area (Å²) < 4.78 is 18.7. The SMILES string of the molecule is Fc1ccc(-c2nc(C3CCOCC3)[nH]c2-c2ccncc2)cc1. The minimum Gasteiger partial charge on any atom is -0.381 e. The van der Waals surface area contributed by atoms with E-state index < -0.39 is 0 Å². The van der Waals surface area contributed by atoms with E-state index in [0.717, 1.165) is 54.4 Å². The largest absolute Gasteiger partial charge is 0.381 e. The molecule has 122 valence electrons. The Bertz CT molecular complexity index is 808. The second-order valence-electron chi connectivity index (χ2n) is 5.98. The fraction of sp³-hybridized carbons (Fsp3) is 0.263. The molecule has 3 heterocycles. The van der Waals surface area contributed by atoms with Crippen LogP contribution in [0, 0.1) is 5.82 Å². The van der Waals surface area contributed by atoms with E-state index >= 15 is 0 Å². The second-order valence-corrected chi connectivity index (χ2v) is 5.98. The molecule has 1 N–H and O–H groups in total. The van der Waals surface area contributed by atoms with Crippen LogP contribution in [0.3, 0.4) is 0 Å². The normalized spacial score (nSPS) is 15.5. The van der Waals surface area contributed by atoms with Crippen molar-refractivity contribution < 1.29 is 9.13 Å². The number of benzene rings is 1. The number of hydrogen-bond acceptors (Lipinski definition) is 3. The van der Waals surface area contributed by atoms with Gasteiger partial charge in [0.2, 0.25) is 0 Å². The van der Waals surface area contributed by atoms with Crippen molar-refractivity contribution in [3.05, 3.63) is 60.4 Å². The van der Waals surface area contributed by atoms with Gasteiger partial charge in [-0.3, -0.25) is 4.98 Å². The van der Waals surface area contributed by atoms with Crippen molar-refractivity contribution >= 4 is 0 Å². The molecular weight excluding hydrogens is 305 g/mol. The summed E-state index contributed by atoms with van der Waals surface area (Å²) in [7, 11) is 0. The molecule has 3 aromatic rings. The average molecular weight is 323 g/mol. The van der Waals surface area contributed by atoms with Gasteiger partial charge in [-0.05, 0) is 49.2 Å². The summed E-state index contributed by atoms with van der Waals surface area (Å²) in [5.41, 5.74) is 3.72. The Hall–Kier alpha value is -2.53. The predicted octanol–water partition coefficient (Wildman–Crippen LogP) is 4.17. The molecule has 2 aromatic heterocycles. The van der Waals surface area contributed by atoms with Gasteiger partial charge in [0.05, 0.1) is 11.4 Å². The Balaban J connectivity index is 1.80. The molecule has 1 aromatic carbocycles. The van der Waals surface area contributed by atoms with Crippen molar-refractivity contribution in [1.29, 1.82) is 0 Å². The first kappa shape index (κ1) is 15.0. The Morgan fingerprint density at radius 1 is 0.958 bits per heavy atom.